The van der Waals surface area contributed by atoms with Crippen molar-refractivity contribution < 1.29 is 18.0 Å². The molecule has 190 valence electrons. The van der Waals surface area contributed by atoms with E-state index in [9.17, 15) is 18.0 Å². The molecule has 2 amide bonds. The Kier molecular flexibility index (Phi) is 8.74. The molecule has 1 saturated heterocycles. The smallest absolute Gasteiger partial charge is 0.261 e. The monoisotopic (exact) mass is 501 g/mol. The van der Waals surface area contributed by atoms with E-state index in [0.717, 1.165) is 25.1 Å². The highest BCUT2D eigenvalue weighted by molar-refractivity contribution is 7.92. The molecule has 0 aromatic heterocycles. The number of carbonyl (C=O) groups is 2. The van der Waals surface area contributed by atoms with Crippen molar-refractivity contribution in [3.05, 3.63) is 53.6 Å². The normalized spacial score (nSPS) is 14.0. The zero-order valence-corrected chi connectivity index (χ0v) is 21.6. The van der Waals surface area contributed by atoms with Crippen LogP contribution in [0.25, 0.3) is 0 Å². The van der Waals surface area contributed by atoms with Crippen LogP contribution in [-0.2, 0) is 21.2 Å². The van der Waals surface area contributed by atoms with Crippen LogP contribution >= 0.6 is 0 Å². The summed E-state index contributed by atoms with van der Waals surface area (Å²) in [5.74, 6) is -0.196. The first-order chi connectivity index (χ1) is 16.6. The van der Waals surface area contributed by atoms with E-state index in [1.54, 1.807) is 30.3 Å². The van der Waals surface area contributed by atoms with E-state index < -0.39 is 10.0 Å². The Morgan fingerprint density at radius 1 is 1.09 bits per heavy atom. The summed E-state index contributed by atoms with van der Waals surface area (Å²) < 4.78 is 29.3. The molecule has 3 rings (SSSR count). The average molecular weight is 502 g/mol. The molecule has 0 atom stereocenters. The number of sulfonamides is 1. The van der Waals surface area contributed by atoms with E-state index in [2.05, 4.69) is 34.1 Å². The van der Waals surface area contributed by atoms with E-state index in [0.29, 0.717) is 35.9 Å². The van der Waals surface area contributed by atoms with E-state index in [1.165, 1.54) is 19.0 Å². The zero-order valence-electron chi connectivity index (χ0n) is 20.8. The highest BCUT2D eigenvalue weighted by Crippen LogP contribution is 2.30. The molecule has 2 aromatic rings. The number of amides is 2. The lowest BCUT2D eigenvalue weighted by molar-refractivity contribution is -0.121. The number of piperazine rings is 1. The van der Waals surface area contributed by atoms with Gasteiger partial charge in [-0.05, 0) is 48.2 Å². The summed E-state index contributed by atoms with van der Waals surface area (Å²) in [5.41, 5.74) is 2.40. The van der Waals surface area contributed by atoms with Gasteiger partial charge in [0.25, 0.3) is 15.9 Å². The van der Waals surface area contributed by atoms with Gasteiger partial charge in [0.1, 0.15) is 0 Å². The standard InChI is InChI=1S/C25H35N5O4S/c1-18(2)15-19-5-8-21(9-6-19)35(33,34)28-22-16-20(25(32)29(4)17-24(31)26-3)7-10-23(22)30-13-11-27-12-14-30/h5-10,16,18,27-28H,11-15,17H2,1-4H3,(H,26,31). The van der Waals surface area contributed by atoms with Crippen molar-refractivity contribution in [3.63, 3.8) is 0 Å². The van der Waals surface area contributed by atoms with Crippen LogP contribution in [0.15, 0.2) is 47.4 Å². The van der Waals surface area contributed by atoms with Crippen molar-refractivity contribution in [3.8, 4) is 0 Å². The second-order valence-electron chi connectivity index (χ2n) is 9.15. The van der Waals surface area contributed by atoms with Crippen molar-refractivity contribution in [1.29, 1.82) is 0 Å². The van der Waals surface area contributed by atoms with Crippen LogP contribution < -0.4 is 20.3 Å². The predicted molar refractivity (Wildman–Crippen MR) is 138 cm³/mol. The van der Waals surface area contributed by atoms with Gasteiger partial charge in [-0.3, -0.25) is 14.3 Å². The lowest BCUT2D eigenvalue weighted by atomic mass is 10.0. The van der Waals surface area contributed by atoms with E-state index in [4.69, 9.17) is 0 Å². The van der Waals surface area contributed by atoms with Crippen LogP contribution in [0.2, 0.25) is 0 Å². The lowest BCUT2D eigenvalue weighted by Crippen LogP contribution is -2.44. The predicted octanol–water partition coefficient (Wildman–Crippen LogP) is 1.91. The number of nitrogens with zero attached hydrogens (tertiary/aromatic N) is 2. The van der Waals surface area contributed by atoms with Crippen molar-refractivity contribution in [1.82, 2.24) is 15.5 Å². The number of nitrogens with one attached hydrogen (secondary N) is 3. The Labute approximate surface area is 207 Å². The number of hydrogen-bond acceptors (Lipinski definition) is 6. The third-order valence-corrected chi connectivity index (χ3v) is 7.21. The summed E-state index contributed by atoms with van der Waals surface area (Å²) in [6.07, 6.45) is 0.870. The minimum atomic E-state index is -3.89. The Morgan fingerprint density at radius 2 is 1.74 bits per heavy atom. The van der Waals surface area contributed by atoms with Crippen molar-refractivity contribution >= 4 is 33.2 Å². The molecule has 35 heavy (non-hydrogen) atoms. The number of rotatable bonds is 9. The first-order valence-corrected chi connectivity index (χ1v) is 13.3. The Balaban J connectivity index is 1.93. The van der Waals surface area contributed by atoms with Crippen LogP contribution in [0.1, 0.15) is 29.8 Å². The molecule has 1 aliphatic rings. The molecule has 0 saturated carbocycles. The largest absolute Gasteiger partial charge is 0.367 e. The lowest BCUT2D eigenvalue weighted by Gasteiger charge is -2.31. The second kappa shape index (κ2) is 11.5. The fourth-order valence-corrected chi connectivity index (χ4v) is 5.06. The first kappa shape index (κ1) is 26.5. The Hall–Kier alpha value is -3.11. The zero-order chi connectivity index (χ0) is 25.6. The summed E-state index contributed by atoms with van der Waals surface area (Å²) in [5, 5.41) is 5.78. The van der Waals surface area contributed by atoms with Gasteiger partial charge in [-0.1, -0.05) is 26.0 Å². The Morgan fingerprint density at radius 3 is 2.34 bits per heavy atom. The van der Waals surface area contributed by atoms with E-state index >= 15 is 0 Å². The van der Waals surface area contributed by atoms with Gasteiger partial charge in [0, 0.05) is 45.8 Å². The summed E-state index contributed by atoms with van der Waals surface area (Å²) in [4.78, 5) is 28.2. The minimum absolute atomic E-state index is 0.0985. The quantitative estimate of drug-likeness (QED) is 0.484. The first-order valence-electron chi connectivity index (χ1n) is 11.8. The Bertz CT molecular complexity index is 1140. The molecule has 1 fully saturated rings. The van der Waals surface area contributed by atoms with Gasteiger partial charge in [0.05, 0.1) is 22.8 Å². The molecular formula is C25H35N5O4S. The van der Waals surface area contributed by atoms with E-state index in [-0.39, 0.29) is 23.3 Å². The maximum absolute atomic E-state index is 13.3. The maximum Gasteiger partial charge on any atom is 0.261 e. The molecular weight excluding hydrogens is 466 g/mol. The summed E-state index contributed by atoms with van der Waals surface area (Å²) >= 11 is 0. The van der Waals surface area contributed by atoms with Crippen LogP contribution in [0.3, 0.4) is 0 Å². The van der Waals surface area contributed by atoms with Gasteiger partial charge < -0.3 is 20.4 Å². The van der Waals surface area contributed by atoms with Crippen molar-refractivity contribution in [2.75, 3.05) is 56.4 Å². The molecule has 0 bridgehead atoms. The third-order valence-electron chi connectivity index (χ3n) is 5.83. The highest BCUT2D eigenvalue weighted by Gasteiger charge is 2.23. The summed E-state index contributed by atoms with van der Waals surface area (Å²) in [6, 6.07) is 11.9. The van der Waals surface area contributed by atoms with Crippen LogP contribution in [0.4, 0.5) is 11.4 Å². The van der Waals surface area contributed by atoms with Crippen LogP contribution in [-0.4, -0.2) is 72.0 Å². The van der Waals surface area contributed by atoms with Crippen molar-refractivity contribution in [2.24, 2.45) is 5.92 Å². The fourth-order valence-electron chi connectivity index (χ4n) is 4.00. The molecule has 0 spiro atoms. The molecule has 0 radical (unpaired) electrons. The fraction of sp³-hybridized carbons (Fsp3) is 0.440. The van der Waals surface area contributed by atoms with Gasteiger partial charge >= 0.3 is 0 Å². The molecule has 0 aliphatic carbocycles. The molecule has 10 heteroatoms. The number of benzene rings is 2. The average Bonchev–Trinajstić information content (AvgIpc) is 2.83. The van der Waals surface area contributed by atoms with Crippen LogP contribution in [0, 0.1) is 5.92 Å². The SMILES string of the molecule is CNC(=O)CN(C)C(=O)c1ccc(N2CCNCC2)c(NS(=O)(=O)c2ccc(CC(C)C)cc2)c1. The number of anilines is 2. The molecule has 0 unspecified atom stereocenters. The third kappa shape index (κ3) is 6.95. The number of hydrogen-bond donors (Lipinski definition) is 3. The topological polar surface area (TPSA) is 111 Å². The number of likely N-dealkylation sites (N-methyl/N-ethyl adjacent to an activating group) is 2. The number of carbonyl (C=O) groups excluding carboxylic acids is 2. The molecule has 1 heterocycles. The van der Waals surface area contributed by atoms with Gasteiger partial charge in [0.15, 0.2) is 0 Å². The maximum atomic E-state index is 13.3. The summed E-state index contributed by atoms with van der Waals surface area (Å²) in [6.45, 7) is 7.11. The summed E-state index contributed by atoms with van der Waals surface area (Å²) in [7, 11) is -0.849. The van der Waals surface area contributed by atoms with Crippen molar-refractivity contribution in [2.45, 2.75) is 25.2 Å². The van der Waals surface area contributed by atoms with Gasteiger partial charge in [0.2, 0.25) is 5.91 Å². The molecule has 9 nitrogen and oxygen atoms in total. The van der Waals surface area contributed by atoms with E-state index in [1.807, 2.05) is 12.1 Å². The molecule has 2 aromatic carbocycles. The molecule has 1 aliphatic heterocycles. The minimum Gasteiger partial charge on any atom is -0.367 e. The molecule has 3 N–H and O–H groups in total. The van der Waals surface area contributed by atoms with Gasteiger partial charge in [-0.15, -0.1) is 0 Å². The van der Waals surface area contributed by atoms with Gasteiger partial charge in [-0.25, -0.2) is 8.42 Å². The highest BCUT2D eigenvalue weighted by atomic mass is 32.2. The van der Waals surface area contributed by atoms with Crippen LogP contribution in [0.5, 0.6) is 0 Å². The van der Waals surface area contributed by atoms with Gasteiger partial charge in [-0.2, -0.15) is 0 Å². The second-order valence-corrected chi connectivity index (χ2v) is 10.8.